The van der Waals surface area contributed by atoms with Crippen LogP contribution in [0.25, 0.3) is 0 Å². The lowest BCUT2D eigenvalue weighted by Gasteiger charge is -2.32. The van der Waals surface area contributed by atoms with Gasteiger partial charge in [-0.2, -0.15) is 13.2 Å². The maximum absolute atomic E-state index is 12.7. The molecule has 28 heavy (non-hydrogen) atoms. The summed E-state index contributed by atoms with van der Waals surface area (Å²) in [6, 6.07) is 14.2. The Balaban J connectivity index is 0.000000336. The molecule has 0 spiro atoms. The standard InChI is InChI=1S/C14H17F3N2O2.C7H8/c1-13(2)7-6-11(19(13)18-21)12(20)9-4-3-5-10(8-9)14(15,16)17;1-7-5-3-2-4-6-7/h3-5,8,11-12,20H,6-7H2,1-2H3;2-6H,1H3. The van der Waals surface area contributed by atoms with Crippen LogP contribution >= 0.6 is 0 Å². The lowest BCUT2D eigenvalue weighted by atomic mass is 9.98. The summed E-state index contributed by atoms with van der Waals surface area (Å²) in [7, 11) is 0. The van der Waals surface area contributed by atoms with E-state index in [2.05, 4.69) is 24.3 Å². The van der Waals surface area contributed by atoms with Crippen molar-refractivity contribution in [2.24, 2.45) is 5.29 Å². The first-order valence-electron chi connectivity index (χ1n) is 9.06. The van der Waals surface area contributed by atoms with Crippen LogP contribution in [0.4, 0.5) is 13.2 Å². The first kappa shape index (κ1) is 21.9. The van der Waals surface area contributed by atoms with E-state index < -0.39 is 29.4 Å². The molecule has 2 atom stereocenters. The molecular formula is C21H25F3N2O2. The van der Waals surface area contributed by atoms with Crippen LogP contribution in [0, 0.1) is 11.8 Å². The molecule has 0 aromatic heterocycles. The number of nitrogens with zero attached hydrogens (tertiary/aromatic N) is 2. The van der Waals surface area contributed by atoms with E-state index in [9.17, 15) is 23.2 Å². The number of halogens is 3. The molecule has 3 rings (SSSR count). The van der Waals surface area contributed by atoms with Gasteiger partial charge in [-0.1, -0.05) is 48.0 Å². The summed E-state index contributed by atoms with van der Waals surface area (Å²) >= 11 is 0. The van der Waals surface area contributed by atoms with Crippen LogP contribution in [0.1, 0.15) is 49.5 Å². The monoisotopic (exact) mass is 394 g/mol. The van der Waals surface area contributed by atoms with E-state index in [0.717, 1.165) is 12.1 Å². The molecule has 2 aromatic carbocycles. The van der Waals surface area contributed by atoms with Crippen LogP contribution in [0.3, 0.4) is 0 Å². The molecule has 1 saturated heterocycles. The number of aliphatic hydroxyl groups excluding tert-OH is 1. The zero-order chi connectivity index (χ0) is 20.9. The number of nitroso groups, excluding NO2 is 1. The van der Waals surface area contributed by atoms with Gasteiger partial charge in [-0.15, -0.1) is 4.91 Å². The van der Waals surface area contributed by atoms with Crippen LogP contribution < -0.4 is 0 Å². The van der Waals surface area contributed by atoms with E-state index in [0.29, 0.717) is 12.8 Å². The van der Waals surface area contributed by atoms with E-state index in [1.54, 1.807) is 0 Å². The highest BCUT2D eigenvalue weighted by molar-refractivity contribution is 5.28. The van der Waals surface area contributed by atoms with Gasteiger partial charge < -0.3 is 5.11 Å². The number of hydrogen-bond donors (Lipinski definition) is 1. The smallest absolute Gasteiger partial charge is 0.386 e. The second kappa shape index (κ2) is 8.73. The predicted octanol–water partition coefficient (Wildman–Crippen LogP) is 5.66. The summed E-state index contributed by atoms with van der Waals surface area (Å²) in [5.41, 5.74) is 0.139. The Kier molecular flexibility index (Phi) is 6.82. The van der Waals surface area contributed by atoms with Gasteiger partial charge in [-0.05, 0) is 51.3 Å². The normalized spacial score (nSPS) is 19.5. The Morgan fingerprint density at radius 2 is 1.79 bits per heavy atom. The summed E-state index contributed by atoms with van der Waals surface area (Å²) in [6.45, 7) is 5.71. The molecule has 0 radical (unpaired) electrons. The van der Waals surface area contributed by atoms with Crippen molar-refractivity contribution in [3.8, 4) is 0 Å². The SMILES string of the molecule is CC1(C)CCC(C(O)c2cccc(C(F)(F)F)c2)N1N=O.Cc1ccccc1. The van der Waals surface area contributed by atoms with Crippen LogP contribution in [-0.4, -0.2) is 21.7 Å². The van der Waals surface area contributed by atoms with E-state index in [4.69, 9.17) is 0 Å². The summed E-state index contributed by atoms with van der Waals surface area (Å²) in [5.74, 6) is 0. The van der Waals surface area contributed by atoms with Crippen molar-refractivity contribution in [1.82, 2.24) is 5.01 Å². The first-order valence-corrected chi connectivity index (χ1v) is 9.06. The van der Waals surface area contributed by atoms with Gasteiger partial charge in [0.2, 0.25) is 0 Å². The van der Waals surface area contributed by atoms with Crippen molar-refractivity contribution in [1.29, 1.82) is 0 Å². The van der Waals surface area contributed by atoms with E-state index in [1.807, 2.05) is 32.0 Å². The van der Waals surface area contributed by atoms with Gasteiger partial charge in [0.05, 0.1) is 22.4 Å². The topological polar surface area (TPSA) is 52.9 Å². The minimum atomic E-state index is -4.47. The third-order valence-corrected chi connectivity index (χ3v) is 4.93. The number of benzene rings is 2. The average molecular weight is 394 g/mol. The second-order valence-corrected chi connectivity index (χ2v) is 7.57. The molecule has 0 aliphatic carbocycles. The molecule has 1 aliphatic heterocycles. The van der Waals surface area contributed by atoms with Crippen LogP contribution in [0.5, 0.6) is 0 Å². The number of aliphatic hydroxyl groups is 1. The molecule has 2 aromatic rings. The number of hydrogen-bond acceptors (Lipinski definition) is 3. The molecule has 7 heteroatoms. The minimum Gasteiger partial charge on any atom is -0.386 e. The highest BCUT2D eigenvalue weighted by atomic mass is 19.4. The summed E-state index contributed by atoms with van der Waals surface area (Å²) in [6.07, 6.45) is -4.52. The molecule has 152 valence electrons. The maximum Gasteiger partial charge on any atom is 0.416 e. The van der Waals surface area contributed by atoms with Gasteiger partial charge in [-0.3, -0.25) is 0 Å². The molecule has 2 unspecified atom stereocenters. The van der Waals surface area contributed by atoms with Crippen LogP contribution in [-0.2, 0) is 6.18 Å². The zero-order valence-electron chi connectivity index (χ0n) is 16.1. The summed E-state index contributed by atoms with van der Waals surface area (Å²) in [4.78, 5) is 11.0. The number of rotatable bonds is 3. The summed E-state index contributed by atoms with van der Waals surface area (Å²) < 4.78 is 38.1. The second-order valence-electron chi connectivity index (χ2n) is 7.57. The summed E-state index contributed by atoms with van der Waals surface area (Å²) in [5, 5.41) is 14.5. The highest BCUT2D eigenvalue weighted by Crippen LogP contribution is 2.40. The van der Waals surface area contributed by atoms with Crippen molar-refractivity contribution in [3.05, 3.63) is 76.2 Å². The van der Waals surface area contributed by atoms with Gasteiger partial charge in [-0.25, -0.2) is 5.01 Å². The third-order valence-electron chi connectivity index (χ3n) is 4.93. The van der Waals surface area contributed by atoms with Gasteiger partial charge >= 0.3 is 6.18 Å². The molecule has 0 bridgehead atoms. The molecule has 1 fully saturated rings. The van der Waals surface area contributed by atoms with Gasteiger partial charge in [0.1, 0.15) is 6.10 Å². The Labute approximate surface area is 162 Å². The fourth-order valence-electron chi connectivity index (χ4n) is 3.31. The van der Waals surface area contributed by atoms with Crippen molar-refractivity contribution >= 4 is 0 Å². The highest BCUT2D eigenvalue weighted by Gasteiger charge is 2.44. The first-order chi connectivity index (χ1) is 13.1. The Morgan fingerprint density at radius 1 is 1.14 bits per heavy atom. The van der Waals surface area contributed by atoms with Crippen LogP contribution in [0.15, 0.2) is 59.9 Å². The zero-order valence-corrected chi connectivity index (χ0v) is 16.1. The number of alkyl halides is 3. The fraction of sp³-hybridized carbons (Fsp3) is 0.429. The lowest BCUT2D eigenvalue weighted by Crippen LogP contribution is -2.41. The Morgan fingerprint density at radius 3 is 2.29 bits per heavy atom. The molecular weight excluding hydrogens is 369 g/mol. The molecule has 4 nitrogen and oxygen atoms in total. The Hall–Kier alpha value is -2.41. The van der Waals surface area contributed by atoms with E-state index in [1.165, 1.54) is 22.7 Å². The van der Waals surface area contributed by atoms with Gasteiger partial charge in [0.25, 0.3) is 0 Å². The predicted molar refractivity (Wildman–Crippen MR) is 102 cm³/mol. The van der Waals surface area contributed by atoms with Gasteiger partial charge in [0, 0.05) is 0 Å². The fourth-order valence-corrected chi connectivity index (χ4v) is 3.31. The lowest BCUT2D eigenvalue weighted by molar-refractivity contribution is -0.137. The molecule has 1 aliphatic rings. The largest absolute Gasteiger partial charge is 0.416 e. The van der Waals surface area contributed by atoms with E-state index in [-0.39, 0.29) is 5.56 Å². The van der Waals surface area contributed by atoms with Crippen molar-refractivity contribution < 1.29 is 18.3 Å². The van der Waals surface area contributed by atoms with Crippen molar-refractivity contribution in [2.75, 3.05) is 0 Å². The molecule has 1 N–H and O–H groups in total. The maximum atomic E-state index is 12.7. The molecule has 0 amide bonds. The third kappa shape index (κ3) is 5.32. The number of aryl methyl sites for hydroxylation is 1. The Bertz CT molecular complexity index is 779. The van der Waals surface area contributed by atoms with E-state index >= 15 is 0 Å². The van der Waals surface area contributed by atoms with Crippen molar-refractivity contribution in [3.63, 3.8) is 0 Å². The minimum absolute atomic E-state index is 0.140. The quantitative estimate of drug-likeness (QED) is 0.684. The molecule has 1 heterocycles. The molecule has 0 saturated carbocycles. The van der Waals surface area contributed by atoms with Gasteiger partial charge in [0.15, 0.2) is 0 Å². The van der Waals surface area contributed by atoms with Crippen LogP contribution in [0.2, 0.25) is 0 Å². The van der Waals surface area contributed by atoms with Crippen molar-refractivity contribution in [2.45, 2.75) is 57.5 Å². The average Bonchev–Trinajstić information content (AvgIpc) is 2.96.